The Hall–Kier alpha value is -2.00. The second-order valence-electron chi connectivity index (χ2n) is 4.92. The number of carbonyl (C=O) groups excluding carboxylic acids is 1. The lowest BCUT2D eigenvalue weighted by molar-refractivity contribution is 0.0953. The van der Waals surface area contributed by atoms with Gasteiger partial charge in [0.1, 0.15) is 5.75 Å². The van der Waals surface area contributed by atoms with Gasteiger partial charge in [0.25, 0.3) is 5.91 Å². The summed E-state index contributed by atoms with van der Waals surface area (Å²) in [6, 6.07) is 15.1. The number of amides is 1. The molecule has 0 bridgehead atoms. The zero-order valence-corrected chi connectivity index (χ0v) is 13.4. The van der Waals surface area contributed by atoms with Crippen molar-refractivity contribution in [1.29, 1.82) is 0 Å². The Morgan fingerprint density at radius 3 is 2.55 bits per heavy atom. The van der Waals surface area contributed by atoms with E-state index >= 15 is 0 Å². The van der Waals surface area contributed by atoms with E-state index in [2.05, 4.69) is 17.4 Å². The molecule has 0 aliphatic carbocycles. The fraction of sp³-hybridized carbons (Fsp3) is 0.278. The minimum Gasteiger partial charge on any atom is -0.494 e. The first-order valence-corrected chi connectivity index (χ1v) is 7.83. The summed E-state index contributed by atoms with van der Waals surface area (Å²) in [4.78, 5) is 12.0. The molecule has 0 spiro atoms. The topological polar surface area (TPSA) is 38.3 Å². The average molecular weight is 318 g/mol. The molecular formula is C18H20ClNO2. The van der Waals surface area contributed by atoms with Crippen LogP contribution in [0.5, 0.6) is 5.75 Å². The second-order valence-corrected chi connectivity index (χ2v) is 5.32. The van der Waals surface area contributed by atoms with Gasteiger partial charge in [0.15, 0.2) is 0 Å². The SMILES string of the molecule is CCOc1ccc(CCCNC(=O)c2ccccc2Cl)cc1. The van der Waals surface area contributed by atoms with Crippen molar-refractivity contribution in [3.63, 3.8) is 0 Å². The fourth-order valence-electron chi connectivity index (χ4n) is 2.15. The molecule has 0 saturated carbocycles. The van der Waals surface area contributed by atoms with Crippen LogP contribution in [0, 0.1) is 0 Å². The zero-order valence-electron chi connectivity index (χ0n) is 12.6. The number of aryl methyl sites for hydroxylation is 1. The van der Waals surface area contributed by atoms with Gasteiger partial charge in [-0.15, -0.1) is 0 Å². The van der Waals surface area contributed by atoms with Crippen LogP contribution in [0.25, 0.3) is 0 Å². The summed E-state index contributed by atoms with van der Waals surface area (Å²) in [5.74, 6) is 0.760. The van der Waals surface area contributed by atoms with E-state index in [1.165, 1.54) is 5.56 Å². The Morgan fingerprint density at radius 2 is 1.86 bits per heavy atom. The molecule has 0 fully saturated rings. The van der Waals surface area contributed by atoms with Gasteiger partial charge in [0.2, 0.25) is 0 Å². The summed E-state index contributed by atoms with van der Waals surface area (Å²) in [5, 5.41) is 3.37. The van der Waals surface area contributed by atoms with E-state index in [1.807, 2.05) is 25.1 Å². The fourth-order valence-corrected chi connectivity index (χ4v) is 2.38. The predicted octanol–water partition coefficient (Wildman–Crippen LogP) is 4.10. The molecule has 0 heterocycles. The third-order valence-electron chi connectivity index (χ3n) is 3.28. The summed E-state index contributed by atoms with van der Waals surface area (Å²) in [7, 11) is 0. The van der Waals surface area contributed by atoms with Gasteiger partial charge in [0, 0.05) is 6.54 Å². The van der Waals surface area contributed by atoms with Crippen LogP contribution in [0.4, 0.5) is 0 Å². The lowest BCUT2D eigenvalue weighted by Crippen LogP contribution is -2.25. The van der Waals surface area contributed by atoms with Gasteiger partial charge < -0.3 is 10.1 Å². The van der Waals surface area contributed by atoms with Crippen LogP contribution in [-0.4, -0.2) is 19.1 Å². The molecule has 1 N–H and O–H groups in total. The summed E-state index contributed by atoms with van der Waals surface area (Å²) in [6.45, 7) is 3.26. The molecule has 0 unspecified atom stereocenters. The van der Waals surface area contributed by atoms with Gasteiger partial charge in [-0.1, -0.05) is 35.9 Å². The molecule has 2 aromatic carbocycles. The van der Waals surface area contributed by atoms with E-state index in [-0.39, 0.29) is 5.91 Å². The Morgan fingerprint density at radius 1 is 1.14 bits per heavy atom. The Balaban J connectivity index is 1.75. The van der Waals surface area contributed by atoms with Crippen molar-refractivity contribution in [1.82, 2.24) is 5.32 Å². The smallest absolute Gasteiger partial charge is 0.252 e. The Labute approximate surface area is 136 Å². The molecule has 2 rings (SSSR count). The maximum Gasteiger partial charge on any atom is 0.252 e. The number of carbonyl (C=O) groups is 1. The second kappa shape index (κ2) is 8.44. The van der Waals surface area contributed by atoms with Crippen LogP contribution < -0.4 is 10.1 Å². The molecular weight excluding hydrogens is 298 g/mol. The summed E-state index contributed by atoms with van der Waals surface area (Å²) in [6.07, 6.45) is 1.79. The molecule has 4 heteroatoms. The standard InChI is InChI=1S/C18H20ClNO2/c1-2-22-15-11-9-14(10-12-15)6-5-13-20-18(21)16-7-3-4-8-17(16)19/h3-4,7-12H,2,5-6,13H2,1H3,(H,20,21). The van der Waals surface area contributed by atoms with Crippen molar-refractivity contribution in [2.24, 2.45) is 0 Å². The molecule has 3 nitrogen and oxygen atoms in total. The number of benzene rings is 2. The van der Waals surface area contributed by atoms with Crippen LogP contribution in [0.1, 0.15) is 29.3 Å². The molecule has 116 valence electrons. The van der Waals surface area contributed by atoms with Crippen molar-refractivity contribution < 1.29 is 9.53 Å². The van der Waals surface area contributed by atoms with Gasteiger partial charge in [-0.3, -0.25) is 4.79 Å². The quantitative estimate of drug-likeness (QED) is 0.781. The van der Waals surface area contributed by atoms with Crippen molar-refractivity contribution in [2.75, 3.05) is 13.2 Å². The van der Waals surface area contributed by atoms with E-state index in [1.54, 1.807) is 18.2 Å². The highest BCUT2D eigenvalue weighted by atomic mass is 35.5. The maximum absolute atomic E-state index is 12.0. The third-order valence-corrected chi connectivity index (χ3v) is 3.61. The third kappa shape index (κ3) is 4.78. The van der Waals surface area contributed by atoms with E-state index in [0.717, 1.165) is 18.6 Å². The number of hydrogen-bond acceptors (Lipinski definition) is 2. The highest BCUT2D eigenvalue weighted by Gasteiger charge is 2.08. The van der Waals surface area contributed by atoms with E-state index in [0.29, 0.717) is 23.7 Å². The maximum atomic E-state index is 12.0. The molecule has 22 heavy (non-hydrogen) atoms. The number of hydrogen-bond donors (Lipinski definition) is 1. The number of halogens is 1. The van der Waals surface area contributed by atoms with Crippen LogP contribution in [0.15, 0.2) is 48.5 Å². The lowest BCUT2D eigenvalue weighted by atomic mass is 10.1. The first-order chi connectivity index (χ1) is 10.7. The summed E-state index contributed by atoms with van der Waals surface area (Å²) >= 11 is 6.00. The normalized spacial score (nSPS) is 10.3. The lowest BCUT2D eigenvalue weighted by Gasteiger charge is -2.07. The minimum absolute atomic E-state index is 0.128. The number of nitrogens with one attached hydrogen (secondary N) is 1. The molecule has 1 amide bonds. The largest absolute Gasteiger partial charge is 0.494 e. The van der Waals surface area contributed by atoms with Crippen LogP contribution in [-0.2, 0) is 6.42 Å². The van der Waals surface area contributed by atoms with Gasteiger partial charge in [-0.05, 0) is 49.6 Å². The molecule has 0 aliphatic rings. The average Bonchev–Trinajstić information content (AvgIpc) is 2.53. The van der Waals surface area contributed by atoms with E-state index < -0.39 is 0 Å². The van der Waals surface area contributed by atoms with Gasteiger partial charge >= 0.3 is 0 Å². The number of rotatable bonds is 7. The van der Waals surface area contributed by atoms with Gasteiger partial charge in [-0.2, -0.15) is 0 Å². The number of ether oxygens (including phenoxy) is 1. The summed E-state index contributed by atoms with van der Waals surface area (Å²) in [5.41, 5.74) is 1.75. The highest BCUT2D eigenvalue weighted by Crippen LogP contribution is 2.15. The van der Waals surface area contributed by atoms with Crippen molar-refractivity contribution in [3.05, 3.63) is 64.7 Å². The van der Waals surface area contributed by atoms with E-state index in [4.69, 9.17) is 16.3 Å². The molecule has 0 aliphatic heterocycles. The summed E-state index contributed by atoms with van der Waals surface area (Å²) < 4.78 is 5.41. The molecule has 0 saturated heterocycles. The van der Waals surface area contributed by atoms with Crippen LogP contribution >= 0.6 is 11.6 Å². The Bertz CT molecular complexity index is 611. The molecule has 0 atom stereocenters. The van der Waals surface area contributed by atoms with E-state index in [9.17, 15) is 4.79 Å². The monoisotopic (exact) mass is 317 g/mol. The predicted molar refractivity (Wildman–Crippen MR) is 89.7 cm³/mol. The first kappa shape index (κ1) is 16.4. The highest BCUT2D eigenvalue weighted by molar-refractivity contribution is 6.33. The minimum atomic E-state index is -0.128. The molecule has 0 aromatic heterocycles. The van der Waals surface area contributed by atoms with Crippen LogP contribution in [0.3, 0.4) is 0 Å². The zero-order chi connectivity index (χ0) is 15.8. The van der Waals surface area contributed by atoms with Crippen molar-refractivity contribution in [3.8, 4) is 5.75 Å². The molecule has 0 radical (unpaired) electrons. The Kier molecular flexibility index (Phi) is 6.28. The first-order valence-electron chi connectivity index (χ1n) is 7.45. The van der Waals surface area contributed by atoms with Gasteiger partial charge in [0.05, 0.1) is 17.2 Å². The molecule has 2 aromatic rings. The van der Waals surface area contributed by atoms with Gasteiger partial charge in [-0.25, -0.2) is 0 Å². The van der Waals surface area contributed by atoms with Crippen LogP contribution in [0.2, 0.25) is 5.02 Å². The van der Waals surface area contributed by atoms with Crippen molar-refractivity contribution in [2.45, 2.75) is 19.8 Å². The van der Waals surface area contributed by atoms with Crippen molar-refractivity contribution >= 4 is 17.5 Å².